The van der Waals surface area contributed by atoms with Gasteiger partial charge in [-0.2, -0.15) is 0 Å². The van der Waals surface area contributed by atoms with Crippen molar-refractivity contribution in [3.05, 3.63) is 66.0 Å². The Morgan fingerprint density at radius 3 is 2.48 bits per heavy atom. The van der Waals surface area contributed by atoms with Gasteiger partial charge in [-0.1, -0.05) is 48.9 Å². The quantitative estimate of drug-likeness (QED) is 0.718. The molecular weight excluding hydrogens is 360 g/mol. The lowest BCUT2D eigenvalue weighted by molar-refractivity contribution is -0.139. The topological polar surface area (TPSA) is 52.2 Å². The molecule has 2 aliphatic rings. The van der Waals surface area contributed by atoms with Crippen molar-refractivity contribution in [3.8, 4) is 0 Å². The van der Waals surface area contributed by atoms with E-state index in [1.165, 1.54) is 19.3 Å². The number of piperidine rings is 1. The zero-order valence-corrected chi connectivity index (χ0v) is 16.8. The van der Waals surface area contributed by atoms with Crippen molar-refractivity contribution < 1.29 is 4.79 Å². The molecule has 5 heteroatoms. The van der Waals surface area contributed by atoms with Crippen LogP contribution in [0.15, 0.2) is 54.6 Å². The van der Waals surface area contributed by atoms with Crippen LogP contribution in [-0.2, 0) is 4.79 Å². The predicted octanol–water partition coefficient (Wildman–Crippen LogP) is 4.45. The van der Waals surface area contributed by atoms with Crippen LogP contribution >= 0.6 is 0 Å². The van der Waals surface area contributed by atoms with Gasteiger partial charge in [-0.05, 0) is 56.5 Å². The van der Waals surface area contributed by atoms with Gasteiger partial charge in [0.25, 0.3) is 0 Å². The molecule has 5 rings (SSSR count). The molecule has 1 amide bonds. The standard InChI is InChI=1S/C24H28N4O/c29-24(22(18-10-3-1-4-11-18)27-15-7-2-8-16-27)28-17-9-14-21(28)23-25-19-12-5-6-13-20(19)26-23/h1,3-6,10-13,21-22H,2,7-9,14-17H2,(H,25,26)/t21-,22+/m0/s1. The zero-order valence-electron chi connectivity index (χ0n) is 16.8. The molecule has 2 aliphatic heterocycles. The van der Waals surface area contributed by atoms with Crippen LogP contribution in [0.3, 0.4) is 0 Å². The van der Waals surface area contributed by atoms with E-state index >= 15 is 0 Å². The van der Waals surface area contributed by atoms with E-state index < -0.39 is 0 Å². The lowest BCUT2D eigenvalue weighted by Crippen LogP contribution is -2.44. The number of likely N-dealkylation sites (tertiary alicyclic amines) is 2. The van der Waals surface area contributed by atoms with Crippen molar-refractivity contribution in [2.75, 3.05) is 19.6 Å². The first kappa shape index (κ1) is 18.4. The van der Waals surface area contributed by atoms with Gasteiger partial charge in [0.05, 0.1) is 17.1 Å². The van der Waals surface area contributed by atoms with E-state index in [1.54, 1.807) is 0 Å². The van der Waals surface area contributed by atoms with Crippen molar-refractivity contribution in [2.45, 2.75) is 44.2 Å². The fourth-order valence-corrected chi connectivity index (χ4v) is 4.92. The number of rotatable bonds is 4. The molecule has 5 nitrogen and oxygen atoms in total. The van der Waals surface area contributed by atoms with E-state index in [2.05, 4.69) is 26.9 Å². The zero-order chi connectivity index (χ0) is 19.6. The first-order valence-electron chi connectivity index (χ1n) is 10.9. The number of nitrogens with zero attached hydrogens (tertiary/aromatic N) is 3. The Morgan fingerprint density at radius 2 is 1.69 bits per heavy atom. The molecule has 2 atom stereocenters. The molecule has 0 saturated carbocycles. The minimum atomic E-state index is -0.193. The Labute approximate surface area is 171 Å². The van der Waals surface area contributed by atoms with Gasteiger partial charge < -0.3 is 9.88 Å². The Morgan fingerprint density at radius 1 is 0.931 bits per heavy atom. The van der Waals surface area contributed by atoms with Gasteiger partial charge in [-0.3, -0.25) is 9.69 Å². The summed E-state index contributed by atoms with van der Waals surface area (Å²) in [5.74, 6) is 1.14. The highest BCUT2D eigenvalue weighted by Crippen LogP contribution is 2.36. The predicted molar refractivity (Wildman–Crippen MR) is 114 cm³/mol. The number of benzene rings is 2. The highest BCUT2D eigenvalue weighted by Gasteiger charge is 2.38. The Kier molecular flexibility index (Phi) is 5.06. The van der Waals surface area contributed by atoms with Gasteiger partial charge in [0.2, 0.25) is 5.91 Å². The third-order valence-electron chi connectivity index (χ3n) is 6.36. The van der Waals surface area contributed by atoms with Crippen LogP contribution in [-0.4, -0.2) is 45.3 Å². The third kappa shape index (κ3) is 3.55. The van der Waals surface area contributed by atoms with Crippen LogP contribution in [0.4, 0.5) is 0 Å². The molecule has 150 valence electrons. The lowest BCUT2D eigenvalue weighted by Gasteiger charge is -2.37. The second kappa shape index (κ2) is 7.99. The molecule has 0 bridgehead atoms. The summed E-state index contributed by atoms with van der Waals surface area (Å²) in [6, 6.07) is 18.2. The van der Waals surface area contributed by atoms with Crippen molar-refractivity contribution in [1.82, 2.24) is 19.8 Å². The maximum atomic E-state index is 13.9. The first-order chi connectivity index (χ1) is 14.3. The summed E-state index contributed by atoms with van der Waals surface area (Å²) in [5.41, 5.74) is 3.12. The largest absolute Gasteiger partial charge is 0.340 e. The molecule has 2 fully saturated rings. The second-order valence-corrected chi connectivity index (χ2v) is 8.24. The summed E-state index contributed by atoms with van der Waals surface area (Å²) < 4.78 is 0. The second-order valence-electron chi connectivity index (χ2n) is 8.24. The van der Waals surface area contributed by atoms with Crippen LogP contribution < -0.4 is 0 Å². The number of imidazole rings is 1. The Hall–Kier alpha value is -2.66. The van der Waals surface area contributed by atoms with Gasteiger partial charge >= 0.3 is 0 Å². The number of para-hydroxylation sites is 2. The molecule has 1 N–H and O–H groups in total. The van der Waals surface area contributed by atoms with E-state index in [0.717, 1.165) is 54.9 Å². The molecule has 3 heterocycles. The highest BCUT2D eigenvalue weighted by atomic mass is 16.2. The van der Waals surface area contributed by atoms with Crippen LogP contribution in [0.1, 0.15) is 55.6 Å². The molecule has 3 aromatic rings. The van der Waals surface area contributed by atoms with E-state index in [0.29, 0.717) is 0 Å². The van der Waals surface area contributed by atoms with E-state index in [9.17, 15) is 4.79 Å². The maximum Gasteiger partial charge on any atom is 0.245 e. The minimum absolute atomic E-state index is 0.0332. The molecule has 0 aliphatic carbocycles. The van der Waals surface area contributed by atoms with Gasteiger partial charge in [-0.15, -0.1) is 0 Å². The van der Waals surface area contributed by atoms with E-state index in [-0.39, 0.29) is 18.0 Å². The van der Waals surface area contributed by atoms with Crippen molar-refractivity contribution in [1.29, 1.82) is 0 Å². The third-order valence-corrected chi connectivity index (χ3v) is 6.36. The molecule has 2 aromatic carbocycles. The number of aromatic amines is 1. The maximum absolute atomic E-state index is 13.9. The van der Waals surface area contributed by atoms with E-state index in [4.69, 9.17) is 4.98 Å². The number of H-pyrrole nitrogens is 1. The average Bonchev–Trinajstić information content (AvgIpc) is 3.42. The first-order valence-corrected chi connectivity index (χ1v) is 10.9. The van der Waals surface area contributed by atoms with Gasteiger partial charge in [0.15, 0.2) is 0 Å². The summed E-state index contributed by atoms with van der Waals surface area (Å²) in [5, 5.41) is 0. The van der Waals surface area contributed by atoms with Crippen LogP contribution in [0.25, 0.3) is 11.0 Å². The van der Waals surface area contributed by atoms with Crippen LogP contribution in [0.5, 0.6) is 0 Å². The summed E-state index contributed by atoms with van der Waals surface area (Å²) in [6.45, 7) is 2.79. The number of nitrogens with one attached hydrogen (secondary N) is 1. The molecule has 0 unspecified atom stereocenters. The number of carbonyl (C=O) groups is 1. The highest BCUT2D eigenvalue weighted by molar-refractivity contribution is 5.84. The molecule has 29 heavy (non-hydrogen) atoms. The molecule has 1 aromatic heterocycles. The number of hydrogen-bond acceptors (Lipinski definition) is 3. The minimum Gasteiger partial charge on any atom is -0.340 e. The Balaban J connectivity index is 1.47. The number of carbonyl (C=O) groups excluding carboxylic acids is 1. The van der Waals surface area contributed by atoms with Crippen molar-refractivity contribution in [3.63, 3.8) is 0 Å². The molecule has 0 radical (unpaired) electrons. The summed E-state index contributed by atoms with van der Waals surface area (Å²) in [4.78, 5) is 26.6. The summed E-state index contributed by atoms with van der Waals surface area (Å²) in [6.07, 6.45) is 5.59. The number of fused-ring (bicyclic) bond motifs is 1. The molecule has 0 spiro atoms. The van der Waals surface area contributed by atoms with Crippen LogP contribution in [0, 0.1) is 0 Å². The summed E-state index contributed by atoms with van der Waals surface area (Å²) in [7, 11) is 0. The van der Waals surface area contributed by atoms with Gasteiger partial charge in [0, 0.05) is 6.54 Å². The van der Waals surface area contributed by atoms with Gasteiger partial charge in [0.1, 0.15) is 11.9 Å². The number of hydrogen-bond donors (Lipinski definition) is 1. The molecular formula is C24H28N4O. The lowest BCUT2D eigenvalue weighted by atomic mass is 10.00. The van der Waals surface area contributed by atoms with Gasteiger partial charge in [-0.25, -0.2) is 4.98 Å². The number of amides is 1. The van der Waals surface area contributed by atoms with Crippen LogP contribution in [0.2, 0.25) is 0 Å². The summed E-state index contributed by atoms with van der Waals surface area (Å²) >= 11 is 0. The molecule has 2 saturated heterocycles. The smallest absolute Gasteiger partial charge is 0.245 e. The fourth-order valence-electron chi connectivity index (χ4n) is 4.92. The SMILES string of the molecule is O=C([C@@H](c1ccccc1)N1CCCCC1)N1CCC[C@H]1c1nc2ccccc2[nH]1. The monoisotopic (exact) mass is 388 g/mol. The van der Waals surface area contributed by atoms with Crippen molar-refractivity contribution >= 4 is 16.9 Å². The Bertz CT molecular complexity index is 944. The normalized spacial score (nSPS) is 21.5. The van der Waals surface area contributed by atoms with E-state index in [1.807, 2.05) is 42.5 Å². The average molecular weight is 389 g/mol. The van der Waals surface area contributed by atoms with Crippen molar-refractivity contribution in [2.24, 2.45) is 0 Å². The number of aromatic nitrogens is 2. The fraction of sp³-hybridized carbons (Fsp3) is 0.417.